The van der Waals surface area contributed by atoms with Gasteiger partial charge in [0.25, 0.3) is 0 Å². The van der Waals surface area contributed by atoms with Gasteiger partial charge in [-0.1, -0.05) is 0 Å². The highest BCUT2D eigenvalue weighted by Gasteiger charge is 1.97. The molecule has 0 spiro atoms. The van der Waals surface area contributed by atoms with Crippen LogP contribution in [0.2, 0.25) is 0 Å². The van der Waals surface area contributed by atoms with Gasteiger partial charge in [-0.05, 0) is 34.1 Å². The molecule has 2 nitrogen and oxygen atoms in total. The molecule has 12 heavy (non-hydrogen) atoms. The summed E-state index contributed by atoms with van der Waals surface area (Å²) in [6.07, 6.45) is 0. The van der Waals surface area contributed by atoms with Crippen molar-refractivity contribution >= 4 is 15.9 Å². The second-order valence-corrected chi connectivity index (χ2v) is 2.67. The van der Waals surface area contributed by atoms with E-state index in [0.717, 1.165) is 5.75 Å². The number of ether oxygens (including phenoxy) is 1. The smallest absolute Gasteiger partial charge is 0.130 e. The van der Waals surface area contributed by atoms with E-state index in [1.807, 2.05) is 0 Å². The zero-order valence-corrected chi connectivity index (χ0v) is 8.14. The third-order valence-electron chi connectivity index (χ3n) is 1.15. The minimum Gasteiger partial charge on any atom is -0.507 e. The summed E-state index contributed by atoms with van der Waals surface area (Å²) in [6, 6.07) is 4.97. The fourth-order valence-electron chi connectivity index (χ4n) is 0.615. The van der Waals surface area contributed by atoms with Crippen molar-refractivity contribution in [2.24, 2.45) is 0 Å². The van der Waals surface area contributed by atoms with Crippen LogP contribution in [0.25, 0.3) is 0 Å². The van der Waals surface area contributed by atoms with Gasteiger partial charge in [-0.2, -0.15) is 0 Å². The normalized spacial score (nSPS) is 9.42. The Bertz CT molecular complexity index is 258. The Morgan fingerprint density at radius 3 is 2.67 bits per heavy atom. The molecule has 0 amide bonds. The van der Waals surface area contributed by atoms with Crippen LogP contribution in [0.1, 0.15) is 1.37 Å². The van der Waals surface area contributed by atoms with Gasteiger partial charge in [0.05, 0.1) is 20.1 Å². The highest BCUT2D eigenvalue weighted by atomic mass is 79.9. The van der Waals surface area contributed by atoms with Crippen molar-refractivity contribution in [1.29, 1.82) is 0 Å². The van der Waals surface area contributed by atoms with Gasteiger partial charge in [-0.25, -0.2) is 0 Å². The molecule has 0 aromatic heterocycles. The van der Waals surface area contributed by atoms with Gasteiger partial charge < -0.3 is 9.84 Å². The van der Waals surface area contributed by atoms with Crippen molar-refractivity contribution in [2.45, 2.75) is 0 Å². The van der Waals surface area contributed by atoms with Crippen LogP contribution >= 0.6 is 15.9 Å². The number of aromatic hydroxyl groups is 1. The standard InChI is InChI=1S/C7H7BrO2.CH3F/c1-10-5-2-3-7(9)6(8)4-5;1-2/h2-4,9H,1H3;1H3/i;1D. The number of phenolic OH excluding ortho intramolecular Hbond substituents is 1. The van der Waals surface area contributed by atoms with Gasteiger partial charge in [0.2, 0.25) is 0 Å². The lowest BCUT2D eigenvalue weighted by molar-refractivity contribution is 0.411. The summed E-state index contributed by atoms with van der Waals surface area (Å²) >= 11 is 3.16. The van der Waals surface area contributed by atoms with Crippen molar-refractivity contribution in [3.05, 3.63) is 22.7 Å². The zero-order valence-electron chi connectivity index (χ0n) is 7.55. The molecule has 0 bridgehead atoms. The van der Waals surface area contributed by atoms with Gasteiger partial charge in [-0.15, -0.1) is 0 Å². The molecule has 0 heterocycles. The van der Waals surface area contributed by atoms with Crippen molar-refractivity contribution in [3.63, 3.8) is 0 Å². The first kappa shape index (κ1) is 9.32. The molecule has 68 valence electrons. The van der Waals surface area contributed by atoms with E-state index in [-0.39, 0.29) is 5.75 Å². The monoisotopic (exact) mass is 237 g/mol. The lowest BCUT2D eigenvalue weighted by Crippen LogP contribution is -1.80. The minimum absolute atomic E-state index is 0.223. The maximum Gasteiger partial charge on any atom is 0.130 e. The number of hydrogen-bond donors (Lipinski definition) is 1. The minimum atomic E-state index is -1.00. The number of benzene rings is 1. The Kier molecular flexibility index (Phi) is 4.52. The predicted molar refractivity (Wildman–Crippen MR) is 49.4 cm³/mol. The number of phenols is 1. The van der Waals surface area contributed by atoms with Crippen LogP contribution in [0.4, 0.5) is 4.39 Å². The van der Waals surface area contributed by atoms with Crippen molar-refractivity contribution in [3.8, 4) is 11.5 Å². The van der Waals surface area contributed by atoms with E-state index in [1.54, 1.807) is 25.3 Å². The van der Waals surface area contributed by atoms with Gasteiger partial charge in [0.15, 0.2) is 0 Å². The molecule has 0 atom stereocenters. The summed E-state index contributed by atoms with van der Waals surface area (Å²) in [7, 11) is 0.582. The number of methoxy groups -OCH3 is 1. The fraction of sp³-hybridized carbons (Fsp3) is 0.250. The molecule has 0 aliphatic rings. The van der Waals surface area contributed by atoms with Crippen molar-refractivity contribution < 1.29 is 15.6 Å². The number of alkyl halides is 1. The third kappa shape index (κ3) is 3.09. The first-order valence-corrected chi connectivity index (χ1v) is 3.82. The van der Waals surface area contributed by atoms with Crippen LogP contribution < -0.4 is 4.74 Å². The van der Waals surface area contributed by atoms with Gasteiger partial charge in [0.1, 0.15) is 11.5 Å². The molecule has 0 saturated heterocycles. The molecule has 0 unspecified atom stereocenters. The molecular formula is C8H10BrFO2. The third-order valence-corrected chi connectivity index (χ3v) is 1.79. The quantitative estimate of drug-likeness (QED) is 0.815. The van der Waals surface area contributed by atoms with Crippen LogP contribution in [0.3, 0.4) is 0 Å². The van der Waals surface area contributed by atoms with E-state index in [4.69, 9.17) is 11.2 Å². The topological polar surface area (TPSA) is 29.5 Å². The molecule has 1 N–H and O–H groups in total. The SMILES string of the molecule is COc1ccc(O)c(Br)c1.[2H]CF. The van der Waals surface area contributed by atoms with Crippen molar-refractivity contribution in [1.82, 2.24) is 0 Å². The van der Waals surface area contributed by atoms with Gasteiger partial charge in [-0.3, -0.25) is 4.39 Å². The molecule has 4 heteroatoms. The molecule has 0 saturated carbocycles. The van der Waals surface area contributed by atoms with E-state index in [0.29, 0.717) is 4.47 Å². The molecular weight excluding hydrogens is 227 g/mol. The molecule has 0 aliphatic carbocycles. The summed E-state index contributed by atoms with van der Waals surface area (Å²) in [6.45, 7) is 0. The van der Waals surface area contributed by atoms with Crippen LogP contribution in [0.5, 0.6) is 11.5 Å². The molecule has 1 aromatic carbocycles. The largest absolute Gasteiger partial charge is 0.507 e. The lowest BCUT2D eigenvalue weighted by Gasteiger charge is -2.00. The number of halogens is 2. The summed E-state index contributed by atoms with van der Waals surface area (Å²) in [5, 5.41) is 9.04. The molecule has 1 aromatic rings. The first-order valence-electron chi connectivity index (χ1n) is 3.74. The average Bonchev–Trinajstić information content (AvgIpc) is 2.11. The first-order chi connectivity index (χ1) is 6.15. The summed E-state index contributed by atoms with van der Waals surface area (Å²) in [5.74, 6) is 0.950. The highest BCUT2D eigenvalue weighted by molar-refractivity contribution is 9.10. The highest BCUT2D eigenvalue weighted by Crippen LogP contribution is 2.27. The Labute approximate surface area is 80.5 Å². The summed E-state index contributed by atoms with van der Waals surface area (Å²) in [4.78, 5) is 0. The Morgan fingerprint density at radius 1 is 1.67 bits per heavy atom. The maximum atomic E-state index is 9.96. The van der Waals surface area contributed by atoms with Gasteiger partial charge in [0, 0.05) is 0 Å². The Hall–Kier alpha value is -0.770. The predicted octanol–water partition coefficient (Wildman–Crippen LogP) is 2.75. The molecule has 0 radical (unpaired) electrons. The lowest BCUT2D eigenvalue weighted by atomic mass is 10.3. The van der Waals surface area contributed by atoms with E-state index in [9.17, 15) is 4.39 Å². The summed E-state index contributed by atoms with van der Waals surface area (Å²) in [5.41, 5.74) is 0. The number of rotatable bonds is 1. The van der Waals surface area contributed by atoms with E-state index < -0.39 is 7.15 Å². The maximum absolute atomic E-state index is 9.96. The Morgan fingerprint density at radius 2 is 2.25 bits per heavy atom. The van der Waals surface area contributed by atoms with Crippen LogP contribution in [0.15, 0.2) is 22.7 Å². The second-order valence-electron chi connectivity index (χ2n) is 1.82. The van der Waals surface area contributed by atoms with E-state index >= 15 is 0 Å². The van der Waals surface area contributed by atoms with E-state index in [1.165, 1.54) is 0 Å². The molecule has 0 fully saturated rings. The molecule has 1 rings (SSSR count). The van der Waals surface area contributed by atoms with Crippen molar-refractivity contribution in [2.75, 3.05) is 14.3 Å². The zero-order chi connectivity index (χ0) is 10.3. The van der Waals surface area contributed by atoms with E-state index in [2.05, 4.69) is 15.9 Å². The fourth-order valence-corrected chi connectivity index (χ4v) is 0.972. The average molecular weight is 238 g/mol. The second kappa shape index (κ2) is 5.83. The van der Waals surface area contributed by atoms with Gasteiger partial charge >= 0.3 is 0 Å². The summed E-state index contributed by atoms with van der Waals surface area (Å²) < 4.78 is 21.1. The number of hydrogen-bond acceptors (Lipinski definition) is 2. The molecule has 0 aliphatic heterocycles. The van der Waals surface area contributed by atoms with Crippen LogP contribution in [0, 0.1) is 0 Å². The van der Waals surface area contributed by atoms with Crippen LogP contribution in [-0.4, -0.2) is 19.4 Å². The Balaban J connectivity index is 0.000000424. The van der Waals surface area contributed by atoms with Crippen LogP contribution in [-0.2, 0) is 0 Å².